The van der Waals surface area contributed by atoms with E-state index in [1.54, 1.807) is 12.1 Å². The number of hydrogen-bond donors (Lipinski definition) is 3. The van der Waals surface area contributed by atoms with Gasteiger partial charge in [-0.05, 0) is 49.6 Å². The van der Waals surface area contributed by atoms with Gasteiger partial charge in [-0.15, -0.1) is 0 Å². The van der Waals surface area contributed by atoms with Gasteiger partial charge in [0.2, 0.25) is 10.0 Å². The van der Waals surface area contributed by atoms with Gasteiger partial charge in [-0.3, -0.25) is 4.79 Å². The third-order valence-electron chi connectivity index (χ3n) is 3.74. The van der Waals surface area contributed by atoms with E-state index in [1.165, 1.54) is 12.1 Å². The molecule has 2 rings (SSSR count). The summed E-state index contributed by atoms with van der Waals surface area (Å²) in [4.78, 5) is 12.4. The Labute approximate surface area is 138 Å². The molecule has 0 spiro atoms. The van der Waals surface area contributed by atoms with Crippen LogP contribution >= 0.6 is 0 Å². The highest BCUT2D eigenvalue weighted by Crippen LogP contribution is 2.12. The molecule has 0 radical (unpaired) electrons. The number of hydrogen-bond acceptors (Lipinski definition) is 4. The molecule has 0 bridgehead atoms. The number of benzene rings is 1. The fourth-order valence-electron chi connectivity index (χ4n) is 2.39. The van der Waals surface area contributed by atoms with Crippen molar-refractivity contribution in [2.24, 2.45) is 5.92 Å². The molecule has 1 amide bonds. The van der Waals surface area contributed by atoms with Crippen molar-refractivity contribution in [3.63, 3.8) is 0 Å². The van der Waals surface area contributed by atoms with Gasteiger partial charge in [-0.2, -0.15) is 0 Å². The molecule has 6 nitrogen and oxygen atoms in total. The largest absolute Gasteiger partial charge is 0.348 e. The number of carbonyl (C=O) groups is 1. The fourth-order valence-corrected chi connectivity index (χ4v) is 3.60. The van der Waals surface area contributed by atoms with Crippen LogP contribution in [0.15, 0.2) is 29.2 Å². The molecule has 3 N–H and O–H groups in total. The summed E-state index contributed by atoms with van der Waals surface area (Å²) in [6.45, 7) is 6.03. The van der Waals surface area contributed by atoms with E-state index in [2.05, 4.69) is 15.4 Å². The van der Waals surface area contributed by atoms with Crippen molar-refractivity contribution in [1.82, 2.24) is 15.4 Å². The molecular weight excluding hydrogens is 314 g/mol. The molecule has 23 heavy (non-hydrogen) atoms. The lowest BCUT2D eigenvalue weighted by molar-refractivity contribution is 0.0930. The number of carbonyl (C=O) groups excluding carboxylic acids is 1. The van der Waals surface area contributed by atoms with E-state index in [4.69, 9.17) is 0 Å². The van der Waals surface area contributed by atoms with Gasteiger partial charge in [0.1, 0.15) is 0 Å². The Kier molecular flexibility index (Phi) is 6.15. The smallest absolute Gasteiger partial charge is 0.251 e. The summed E-state index contributed by atoms with van der Waals surface area (Å²) in [6.07, 6.45) is 2.01. The van der Waals surface area contributed by atoms with Crippen molar-refractivity contribution >= 4 is 15.9 Å². The Morgan fingerprint density at radius 3 is 2.57 bits per heavy atom. The maximum absolute atomic E-state index is 12.2. The maximum Gasteiger partial charge on any atom is 0.251 e. The lowest BCUT2D eigenvalue weighted by atomic mass is 10.1. The number of sulfonamides is 1. The number of amides is 1. The van der Waals surface area contributed by atoms with Crippen LogP contribution < -0.4 is 15.4 Å². The van der Waals surface area contributed by atoms with E-state index in [0.717, 1.165) is 25.9 Å². The standard InChI is InChI=1S/C16H25N3O3S/c1-12(2)10-18-23(21,22)15-7-5-13(6-8-15)16(20)19-14-4-3-9-17-11-14/h5-8,12,14,17-18H,3-4,9-11H2,1-2H3,(H,19,20)/t14-/m0/s1. The highest BCUT2D eigenvalue weighted by atomic mass is 32.2. The zero-order valence-electron chi connectivity index (χ0n) is 13.6. The van der Waals surface area contributed by atoms with Crippen LogP contribution in [0.1, 0.15) is 37.0 Å². The lowest BCUT2D eigenvalue weighted by Gasteiger charge is -2.23. The molecule has 0 aromatic heterocycles. The van der Waals surface area contributed by atoms with Gasteiger partial charge < -0.3 is 10.6 Å². The summed E-state index contributed by atoms with van der Waals surface area (Å²) in [6, 6.07) is 6.17. The zero-order valence-corrected chi connectivity index (χ0v) is 14.4. The summed E-state index contributed by atoms with van der Waals surface area (Å²) < 4.78 is 26.8. The van der Waals surface area contributed by atoms with Gasteiger partial charge in [-0.1, -0.05) is 13.8 Å². The van der Waals surface area contributed by atoms with Crippen molar-refractivity contribution in [3.05, 3.63) is 29.8 Å². The molecule has 1 aromatic carbocycles. The van der Waals surface area contributed by atoms with Gasteiger partial charge >= 0.3 is 0 Å². The van der Waals surface area contributed by atoms with Gasteiger partial charge in [0.05, 0.1) is 4.90 Å². The predicted octanol–water partition coefficient (Wildman–Crippen LogP) is 1.10. The van der Waals surface area contributed by atoms with E-state index >= 15 is 0 Å². The number of piperidine rings is 1. The van der Waals surface area contributed by atoms with Crippen molar-refractivity contribution in [3.8, 4) is 0 Å². The fraction of sp³-hybridized carbons (Fsp3) is 0.562. The molecule has 1 heterocycles. The lowest BCUT2D eigenvalue weighted by Crippen LogP contribution is -2.45. The Balaban J connectivity index is 1.99. The average molecular weight is 339 g/mol. The van der Waals surface area contributed by atoms with Gasteiger partial charge in [0, 0.05) is 24.7 Å². The molecule has 1 aliphatic rings. The highest BCUT2D eigenvalue weighted by molar-refractivity contribution is 7.89. The molecule has 1 aromatic rings. The Morgan fingerprint density at radius 1 is 1.30 bits per heavy atom. The summed E-state index contributed by atoms with van der Waals surface area (Å²) in [7, 11) is -3.52. The molecular formula is C16H25N3O3S. The van der Waals surface area contributed by atoms with E-state index < -0.39 is 10.0 Å². The molecule has 1 atom stereocenters. The normalized spacial score (nSPS) is 18.8. The second kappa shape index (κ2) is 7.90. The molecule has 1 fully saturated rings. The van der Waals surface area contributed by atoms with Crippen LogP contribution in [-0.2, 0) is 10.0 Å². The minimum Gasteiger partial charge on any atom is -0.348 e. The van der Waals surface area contributed by atoms with E-state index in [-0.39, 0.29) is 22.8 Å². The van der Waals surface area contributed by atoms with Crippen LogP contribution in [0.3, 0.4) is 0 Å². The predicted molar refractivity (Wildman–Crippen MR) is 89.8 cm³/mol. The van der Waals surface area contributed by atoms with Crippen molar-refractivity contribution in [1.29, 1.82) is 0 Å². The molecule has 1 saturated heterocycles. The minimum absolute atomic E-state index is 0.132. The molecule has 0 aliphatic carbocycles. The third-order valence-corrected chi connectivity index (χ3v) is 5.18. The van der Waals surface area contributed by atoms with Crippen molar-refractivity contribution < 1.29 is 13.2 Å². The molecule has 7 heteroatoms. The number of rotatable bonds is 6. The van der Waals surface area contributed by atoms with Gasteiger partial charge in [0.15, 0.2) is 0 Å². The van der Waals surface area contributed by atoms with Gasteiger partial charge in [-0.25, -0.2) is 13.1 Å². The topological polar surface area (TPSA) is 87.3 Å². The van der Waals surface area contributed by atoms with E-state index in [1.807, 2.05) is 13.8 Å². The first-order valence-electron chi connectivity index (χ1n) is 8.00. The summed E-state index contributed by atoms with van der Waals surface area (Å²) in [5, 5.41) is 6.21. The SMILES string of the molecule is CC(C)CNS(=O)(=O)c1ccc(C(=O)N[C@H]2CCCNC2)cc1. The van der Waals surface area contributed by atoms with Crippen LogP contribution in [-0.4, -0.2) is 40.0 Å². The van der Waals surface area contributed by atoms with Crippen LogP contribution in [0.4, 0.5) is 0 Å². The van der Waals surface area contributed by atoms with Crippen LogP contribution in [0, 0.1) is 5.92 Å². The molecule has 0 unspecified atom stereocenters. The quantitative estimate of drug-likeness (QED) is 0.724. The first-order chi connectivity index (χ1) is 10.9. The van der Waals surface area contributed by atoms with Crippen LogP contribution in [0.2, 0.25) is 0 Å². The molecule has 0 saturated carbocycles. The second-order valence-corrected chi connectivity index (χ2v) is 8.05. The monoisotopic (exact) mass is 339 g/mol. The minimum atomic E-state index is -3.52. The van der Waals surface area contributed by atoms with Crippen molar-refractivity contribution in [2.45, 2.75) is 37.6 Å². The molecule has 1 aliphatic heterocycles. The summed E-state index contributed by atoms with van der Waals surface area (Å²) in [5.74, 6) is 0.0664. The summed E-state index contributed by atoms with van der Waals surface area (Å²) >= 11 is 0. The van der Waals surface area contributed by atoms with Crippen LogP contribution in [0.5, 0.6) is 0 Å². The average Bonchev–Trinajstić information content (AvgIpc) is 2.54. The molecule has 128 valence electrons. The first-order valence-corrected chi connectivity index (χ1v) is 9.48. The second-order valence-electron chi connectivity index (χ2n) is 6.29. The van der Waals surface area contributed by atoms with E-state index in [9.17, 15) is 13.2 Å². The Hall–Kier alpha value is -1.44. The third kappa shape index (κ3) is 5.30. The number of nitrogens with one attached hydrogen (secondary N) is 3. The maximum atomic E-state index is 12.2. The van der Waals surface area contributed by atoms with Gasteiger partial charge in [0.25, 0.3) is 5.91 Å². The Bertz CT molecular complexity index is 620. The first kappa shape index (κ1) is 17.9. The zero-order chi connectivity index (χ0) is 16.9. The highest BCUT2D eigenvalue weighted by Gasteiger charge is 2.18. The summed E-state index contributed by atoms with van der Waals surface area (Å²) in [5.41, 5.74) is 0.471. The van der Waals surface area contributed by atoms with E-state index in [0.29, 0.717) is 12.1 Å². The van der Waals surface area contributed by atoms with Crippen molar-refractivity contribution in [2.75, 3.05) is 19.6 Å². The van der Waals surface area contributed by atoms with Crippen LogP contribution in [0.25, 0.3) is 0 Å². The Morgan fingerprint density at radius 2 is 2.00 bits per heavy atom.